The molecule has 0 aromatic carbocycles. The van der Waals surface area contributed by atoms with Crippen LogP contribution in [0.1, 0.15) is 39.0 Å². The fourth-order valence-electron chi connectivity index (χ4n) is 1.12. The Bertz CT molecular complexity index is 131. The number of amides is 1. The summed E-state index contributed by atoms with van der Waals surface area (Å²) in [6, 6.07) is 0. The second kappa shape index (κ2) is 8.01. The molecule has 0 bridgehead atoms. The molecule has 4 heteroatoms. The minimum Gasteiger partial charge on any atom is -0.741 e. The van der Waals surface area contributed by atoms with Gasteiger partial charge in [-0.2, -0.15) is 0 Å². The number of rotatable bonds is 8. The maximum Gasteiger partial charge on any atom is 0.213 e. The van der Waals surface area contributed by atoms with Gasteiger partial charge in [0.1, 0.15) is 0 Å². The largest absolute Gasteiger partial charge is 0.741 e. The minimum atomic E-state index is 0.284. The molecule has 0 heterocycles. The van der Waals surface area contributed by atoms with Crippen molar-refractivity contribution in [1.82, 2.24) is 10.2 Å². The smallest absolute Gasteiger partial charge is 0.213 e. The van der Waals surface area contributed by atoms with Gasteiger partial charge in [0, 0.05) is 13.6 Å². The van der Waals surface area contributed by atoms with Crippen LogP contribution in [0, 0.1) is 5.21 Å². The number of carbonyl (C=O) groups excluding carboxylic acids is 1. The Morgan fingerprint density at radius 1 is 1.23 bits per heavy atom. The third kappa shape index (κ3) is 6.54. The zero-order valence-electron chi connectivity index (χ0n) is 8.53. The Morgan fingerprint density at radius 2 is 1.85 bits per heavy atom. The maximum absolute atomic E-state index is 10.7. The summed E-state index contributed by atoms with van der Waals surface area (Å²) < 4.78 is 0. The van der Waals surface area contributed by atoms with Crippen LogP contribution in [0.15, 0.2) is 0 Å². The van der Waals surface area contributed by atoms with Gasteiger partial charge in [0.15, 0.2) is 0 Å². The first-order valence-corrected chi connectivity index (χ1v) is 4.85. The molecule has 0 spiro atoms. The molecule has 0 aliphatic carbocycles. The summed E-state index contributed by atoms with van der Waals surface area (Å²) >= 11 is 0. The van der Waals surface area contributed by atoms with Crippen molar-refractivity contribution in [2.24, 2.45) is 0 Å². The van der Waals surface area contributed by atoms with E-state index in [0.717, 1.165) is 12.8 Å². The van der Waals surface area contributed by atoms with Gasteiger partial charge in [-0.25, -0.2) is 5.01 Å². The summed E-state index contributed by atoms with van der Waals surface area (Å²) in [7, 11) is 1.63. The highest BCUT2D eigenvalue weighted by molar-refractivity contribution is 5.46. The van der Waals surface area contributed by atoms with Crippen LogP contribution < -0.4 is 0 Å². The van der Waals surface area contributed by atoms with E-state index in [9.17, 15) is 10.0 Å². The second-order valence-corrected chi connectivity index (χ2v) is 3.20. The van der Waals surface area contributed by atoms with Gasteiger partial charge in [-0.1, -0.05) is 32.6 Å². The van der Waals surface area contributed by atoms with Gasteiger partial charge in [0.2, 0.25) is 6.41 Å². The topological polar surface area (TPSA) is 46.6 Å². The van der Waals surface area contributed by atoms with Crippen molar-refractivity contribution in [3.8, 4) is 0 Å². The molecule has 0 N–H and O–H groups in total. The van der Waals surface area contributed by atoms with Gasteiger partial charge < -0.3 is 10.4 Å². The van der Waals surface area contributed by atoms with Gasteiger partial charge in [0.05, 0.1) is 0 Å². The lowest BCUT2D eigenvalue weighted by molar-refractivity contribution is -0.126. The Hall–Kier alpha value is -0.610. The van der Waals surface area contributed by atoms with Crippen LogP contribution >= 0.6 is 0 Å². The lowest BCUT2D eigenvalue weighted by Crippen LogP contribution is -2.34. The van der Waals surface area contributed by atoms with Gasteiger partial charge in [-0.05, 0) is 6.42 Å². The molecule has 0 rings (SSSR count). The first kappa shape index (κ1) is 12.4. The first-order chi connectivity index (χ1) is 6.22. The number of hydrogen-bond acceptors (Lipinski definition) is 3. The van der Waals surface area contributed by atoms with Crippen LogP contribution in [-0.4, -0.2) is 30.2 Å². The van der Waals surface area contributed by atoms with Crippen LogP contribution in [-0.2, 0) is 4.79 Å². The van der Waals surface area contributed by atoms with E-state index in [0.29, 0.717) is 11.7 Å². The molecule has 0 radical (unpaired) electrons. The highest BCUT2D eigenvalue weighted by atomic mass is 16.6. The molecule has 78 valence electrons. The van der Waals surface area contributed by atoms with Gasteiger partial charge in [0.25, 0.3) is 0 Å². The van der Waals surface area contributed by atoms with E-state index >= 15 is 0 Å². The van der Waals surface area contributed by atoms with E-state index in [1.54, 1.807) is 7.05 Å². The molecule has 0 saturated heterocycles. The van der Waals surface area contributed by atoms with Crippen LogP contribution in [0.5, 0.6) is 0 Å². The van der Waals surface area contributed by atoms with Crippen LogP contribution in [0.4, 0.5) is 0 Å². The molecule has 0 aromatic heterocycles. The Morgan fingerprint density at radius 3 is 2.38 bits per heavy atom. The number of unbranched alkanes of at least 4 members (excludes halogenated alkanes) is 4. The van der Waals surface area contributed by atoms with Crippen molar-refractivity contribution in [3.05, 3.63) is 5.21 Å². The quantitative estimate of drug-likeness (QED) is 0.330. The number of nitrogens with zero attached hydrogens (tertiary/aromatic N) is 2. The summed E-state index contributed by atoms with van der Waals surface area (Å²) in [4.78, 5) is 10.1. The second-order valence-electron chi connectivity index (χ2n) is 3.20. The molecule has 0 aliphatic heterocycles. The fourth-order valence-corrected chi connectivity index (χ4v) is 1.12. The summed E-state index contributed by atoms with van der Waals surface area (Å²) in [6.45, 7) is 2.82. The van der Waals surface area contributed by atoms with E-state index in [-0.39, 0.29) is 6.41 Å². The average Bonchev–Trinajstić information content (AvgIpc) is 2.16. The maximum atomic E-state index is 10.7. The minimum absolute atomic E-state index is 0.284. The summed E-state index contributed by atoms with van der Waals surface area (Å²) in [5.41, 5.74) is 0. The number of hydrazine groups is 1. The van der Waals surface area contributed by atoms with Crippen molar-refractivity contribution < 1.29 is 4.79 Å². The third-order valence-corrected chi connectivity index (χ3v) is 2.01. The van der Waals surface area contributed by atoms with Crippen LogP contribution in [0.2, 0.25) is 0 Å². The molecule has 4 nitrogen and oxygen atoms in total. The molecule has 1 amide bonds. The highest BCUT2D eigenvalue weighted by Crippen LogP contribution is 2.03. The molecule has 0 aliphatic rings. The predicted octanol–water partition coefficient (Wildman–Crippen LogP) is 1.76. The standard InChI is InChI=1S/C9H19N2O2/c1-3-4-5-6-7-8-10(2)11(13)9-12/h9H,3-8H2,1-2H3/q-1. The van der Waals surface area contributed by atoms with Crippen molar-refractivity contribution in [1.29, 1.82) is 0 Å². The molecule has 0 saturated carbocycles. The van der Waals surface area contributed by atoms with Crippen molar-refractivity contribution in [3.63, 3.8) is 0 Å². The number of hydroxylamine groups is 1. The summed E-state index contributed by atoms with van der Waals surface area (Å²) in [5.74, 6) is 0. The lowest BCUT2D eigenvalue weighted by atomic mass is 10.1. The molecule has 0 unspecified atom stereocenters. The Labute approximate surface area is 80.1 Å². The lowest BCUT2D eigenvalue weighted by Gasteiger charge is -2.33. The average molecular weight is 187 g/mol. The summed E-state index contributed by atoms with van der Waals surface area (Å²) in [6.07, 6.45) is 6.07. The summed E-state index contributed by atoms with van der Waals surface area (Å²) in [5, 5.41) is 12.4. The van der Waals surface area contributed by atoms with E-state index in [1.165, 1.54) is 24.3 Å². The van der Waals surface area contributed by atoms with Crippen LogP contribution in [0.25, 0.3) is 0 Å². The SMILES string of the molecule is CCCCCCCN(C)N([O-])C=O. The first-order valence-electron chi connectivity index (χ1n) is 4.85. The number of hydrogen-bond donors (Lipinski definition) is 0. The van der Waals surface area contributed by atoms with Gasteiger partial charge in [-0.15, -0.1) is 0 Å². The third-order valence-electron chi connectivity index (χ3n) is 2.01. The van der Waals surface area contributed by atoms with Crippen LogP contribution in [0.3, 0.4) is 0 Å². The number of carbonyl (C=O) groups is 1. The predicted molar refractivity (Wildman–Crippen MR) is 52.7 cm³/mol. The molecular formula is C9H19N2O2-. The highest BCUT2D eigenvalue weighted by Gasteiger charge is 1.97. The zero-order chi connectivity index (χ0) is 10.1. The van der Waals surface area contributed by atoms with Crippen molar-refractivity contribution in [2.45, 2.75) is 39.0 Å². The zero-order valence-corrected chi connectivity index (χ0v) is 8.53. The van der Waals surface area contributed by atoms with Crippen molar-refractivity contribution >= 4 is 6.41 Å². The molecule has 0 fully saturated rings. The van der Waals surface area contributed by atoms with Gasteiger partial charge >= 0.3 is 0 Å². The Balaban J connectivity index is 3.26. The van der Waals surface area contributed by atoms with Crippen molar-refractivity contribution in [2.75, 3.05) is 13.6 Å². The van der Waals surface area contributed by atoms with E-state index in [2.05, 4.69) is 6.92 Å². The fraction of sp³-hybridized carbons (Fsp3) is 0.889. The molecule has 0 atom stereocenters. The molecule has 13 heavy (non-hydrogen) atoms. The molecule has 0 aromatic rings. The monoisotopic (exact) mass is 187 g/mol. The van der Waals surface area contributed by atoms with E-state index < -0.39 is 0 Å². The van der Waals surface area contributed by atoms with Gasteiger partial charge in [-0.3, -0.25) is 4.79 Å². The Kier molecular flexibility index (Phi) is 7.63. The molecular weight excluding hydrogens is 168 g/mol. The normalized spacial score (nSPS) is 10.5. The van der Waals surface area contributed by atoms with E-state index in [1.807, 2.05) is 0 Å². The van der Waals surface area contributed by atoms with E-state index in [4.69, 9.17) is 0 Å².